The molecule has 2 heterocycles. The van der Waals surface area contributed by atoms with E-state index >= 15 is 0 Å². The van der Waals surface area contributed by atoms with Crippen LogP contribution in [0.4, 0.5) is 0 Å². The zero-order valence-corrected chi connectivity index (χ0v) is 35.6. The van der Waals surface area contributed by atoms with Crippen molar-refractivity contribution in [2.45, 2.75) is 19.3 Å². The van der Waals surface area contributed by atoms with Gasteiger partial charge in [-0.3, -0.25) is 0 Å². The molecule has 12 rings (SSSR count). The largest absolute Gasteiger partial charge is 0.456 e. The summed E-state index contributed by atoms with van der Waals surface area (Å²) >= 11 is 0. The molecule has 0 amide bonds. The molecule has 0 bridgehead atoms. The number of hydrogen-bond acceptors (Lipinski definition) is 3. The summed E-state index contributed by atoms with van der Waals surface area (Å²) in [6.45, 7) is 4.72. The highest BCUT2D eigenvalue weighted by Gasteiger charge is 2.37. The van der Waals surface area contributed by atoms with Crippen LogP contribution in [0.5, 0.6) is 0 Å². The van der Waals surface area contributed by atoms with Crippen LogP contribution < -0.4 is 0 Å². The summed E-state index contributed by atoms with van der Waals surface area (Å²) in [6.07, 6.45) is 0. The number of rotatable bonds is 7. The van der Waals surface area contributed by atoms with E-state index in [1.165, 1.54) is 27.8 Å². The quantitative estimate of drug-likeness (QED) is 0.161. The third-order valence-electron chi connectivity index (χ3n) is 13.0. The van der Waals surface area contributed by atoms with Gasteiger partial charge in [-0.2, -0.15) is 0 Å². The molecule has 64 heavy (non-hydrogen) atoms. The van der Waals surface area contributed by atoms with E-state index in [1.54, 1.807) is 0 Å². The van der Waals surface area contributed by atoms with E-state index in [1.807, 2.05) is 18.2 Å². The van der Waals surface area contributed by atoms with Gasteiger partial charge in [-0.1, -0.05) is 172 Å². The Balaban J connectivity index is 1.08. The highest BCUT2D eigenvalue weighted by atomic mass is 16.3. The molecule has 0 atom stereocenters. The number of para-hydroxylation sites is 1. The topological polar surface area (TPSA) is 38.9 Å². The average molecular weight is 819 g/mol. The molecule has 0 radical (unpaired) electrons. The van der Waals surface area contributed by atoms with Crippen molar-refractivity contribution in [2.75, 3.05) is 0 Å². The fourth-order valence-electron chi connectivity index (χ4n) is 9.92. The van der Waals surface area contributed by atoms with Crippen molar-refractivity contribution in [1.82, 2.24) is 9.97 Å². The normalized spacial score (nSPS) is 12.7. The molecule has 0 saturated carbocycles. The van der Waals surface area contributed by atoms with Gasteiger partial charge in [-0.15, -0.1) is 0 Å². The smallest absolute Gasteiger partial charge is 0.160 e. The summed E-state index contributed by atoms with van der Waals surface area (Å²) in [7, 11) is 0. The van der Waals surface area contributed by atoms with Crippen molar-refractivity contribution < 1.29 is 4.42 Å². The van der Waals surface area contributed by atoms with Crippen LogP contribution in [0.15, 0.2) is 223 Å². The summed E-state index contributed by atoms with van der Waals surface area (Å²) in [5.74, 6) is 0.676. The number of furan rings is 1. The summed E-state index contributed by atoms with van der Waals surface area (Å²) in [5, 5.41) is 2.21. The van der Waals surface area contributed by atoms with Crippen LogP contribution in [-0.2, 0) is 5.41 Å². The monoisotopic (exact) mass is 818 g/mol. The molecular formula is C61H42N2O. The standard InChI is InChI=1S/C61H42N2O/c1-61(2)54-27-14-12-23-50(54)52-26-16-25-49(59(52)61)46-32-44(40-19-8-4-9-20-40)34-48(36-46)56-38-55(62-60(63-56)41-21-10-5-11-22-41)47-33-43(39-17-6-3-7-18-39)31-45(35-47)42-29-30-58-53(37-42)51-24-13-15-28-57(51)64-58/h3-38H,1-2H3. The van der Waals surface area contributed by atoms with E-state index < -0.39 is 0 Å². The molecule has 302 valence electrons. The van der Waals surface area contributed by atoms with Crippen LogP contribution in [0.2, 0.25) is 0 Å². The first-order valence-corrected chi connectivity index (χ1v) is 22.0. The Labute approximate surface area is 373 Å². The van der Waals surface area contributed by atoms with Crippen molar-refractivity contribution in [3.8, 4) is 89.5 Å². The minimum Gasteiger partial charge on any atom is -0.456 e. The molecule has 0 fully saturated rings. The maximum atomic E-state index is 6.24. The third kappa shape index (κ3) is 6.44. The molecule has 0 aliphatic heterocycles. The minimum absolute atomic E-state index is 0.176. The van der Waals surface area contributed by atoms with Crippen LogP contribution in [0.3, 0.4) is 0 Å². The molecule has 2 aromatic heterocycles. The number of aromatic nitrogens is 2. The van der Waals surface area contributed by atoms with Crippen molar-refractivity contribution in [3.05, 3.63) is 230 Å². The Hall–Kier alpha value is -8.14. The first-order chi connectivity index (χ1) is 31.4. The summed E-state index contributed by atoms with van der Waals surface area (Å²) in [5.41, 5.74) is 20.8. The lowest BCUT2D eigenvalue weighted by Crippen LogP contribution is -2.16. The molecular weight excluding hydrogens is 777 g/mol. The number of nitrogens with zero attached hydrogens (tertiary/aromatic N) is 2. The Morgan fingerprint density at radius 3 is 1.52 bits per heavy atom. The molecule has 0 saturated heterocycles. The maximum Gasteiger partial charge on any atom is 0.160 e. The zero-order chi connectivity index (χ0) is 42.8. The van der Waals surface area contributed by atoms with Gasteiger partial charge in [0.25, 0.3) is 0 Å². The highest BCUT2D eigenvalue weighted by Crippen LogP contribution is 2.52. The van der Waals surface area contributed by atoms with Crippen molar-refractivity contribution in [2.24, 2.45) is 0 Å². The molecule has 3 nitrogen and oxygen atoms in total. The summed E-state index contributed by atoms with van der Waals surface area (Å²) in [4.78, 5) is 10.8. The SMILES string of the molecule is CC1(C)c2ccccc2-c2cccc(-c3cc(-c4ccccc4)cc(-c4cc(-c5cc(-c6ccccc6)cc(-c6ccc7oc8ccccc8c7c6)c5)nc(-c5ccccc5)n4)c3)c21. The van der Waals surface area contributed by atoms with Gasteiger partial charge in [0.05, 0.1) is 11.4 Å². The van der Waals surface area contributed by atoms with Crippen molar-refractivity contribution in [3.63, 3.8) is 0 Å². The molecule has 9 aromatic carbocycles. The molecule has 3 heteroatoms. The maximum absolute atomic E-state index is 6.24. The van der Waals surface area contributed by atoms with E-state index in [2.05, 4.69) is 214 Å². The van der Waals surface area contributed by atoms with E-state index in [9.17, 15) is 0 Å². The zero-order valence-electron chi connectivity index (χ0n) is 35.6. The van der Waals surface area contributed by atoms with E-state index in [0.717, 1.165) is 89.0 Å². The minimum atomic E-state index is -0.176. The number of benzene rings is 9. The lowest BCUT2D eigenvalue weighted by molar-refractivity contribution is 0.662. The van der Waals surface area contributed by atoms with Crippen LogP contribution in [-0.4, -0.2) is 9.97 Å². The van der Waals surface area contributed by atoms with Gasteiger partial charge in [0, 0.05) is 32.9 Å². The third-order valence-corrected chi connectivity index (χ3v) is 13.0. The molecule has 1 aliphatic carbocycles. The molecule has 11 aromatic rings. The Morgan fingerprint density at radius 1 is 0.328 bits per heavy atom. The molecule has 0 spiro atoms. The second kappa shape index (κ2) is 15.0. The Bertz CT molecular complexity index is 3570. The van der Waals surface area contributed by atoms with Gasteiger partial charge >= 0.3 is 0 Å². The number of hydrogen-bond donors (Lipinski definition) is 0. The van der Waals surface area contributed by atoms with Gasteiger partial charge in [-0.25, -0.2) is 9.97 Å². The van der Waals surface area contributed by atoms with Crippen molar-refractivity contribution >= 4 is 21.9 Å². The average Bonchev–Trinajstić information content (AvgIpc) is 3.85. The molecule has 1 aliphatic rings. The van der Waals surface area contributed by atoms with E-state index in [0.29, 0.717) is 5.82 Å². The lowest BCUT2D eigenvalue weighted by Gasteiger charge is -2.25. The number of fused-ring (bicyclic) bond motifs is 6. The Morgan fingerprint density at radius 2 is 0.828 bits per heavy atom. The van der Waals surface area contributed by atoms with Gasteiger partial charge in [0.2, 0.25) is 0 Å². The first kappa shape index (κ1) is 37.6. The second-order valence-corrected chi connectivity index (χ2v) is 17.4. The molecule has 0 N–H and O–H groups in total. The van der Waals surface area contributed by atoms with Gasteiger partial charge < -0.3 is 4.42 Å². The van der Waals surface area contributed by atoms with Crippen LogP contribution in [0, 0.1) is 0 Å². The van der Waals surface area contributed by atoms with E-state index in [4.69, 9.17) is 14.4 Å². The Kier molecular flexibility index (Phi) is 8.84. The van der Waals surface area contributed by atoms with Gasteiger partial charge in [-0.05, 0) is 127 Å². The fourth-order valence-corrected chi connectivity index (χ4v) is 9.92. The predicted octanol–water partition coefficient (Wildman–Crippen LogP) is 16.4. The van der Waals surface area contributed by atoms with Gasteiger partial charge in [0.1, 0.15) is 11.2 Å². The van der Waals surface area contributed by atoms with E-state index in [-0.39, 0.29) is 5.41 Å². The van der Waals surface area contributed by atoms with Crippen LogP contribution in [0.1, 0.15) is 25.0 Å². The van der Waals surface area contributed by atoms with Crippen molar-refractivity contribution in [1.29, 1.82) is 0 Å². The lowest BCUT2D eigenvalue weighted by atomic mass is 9.78. The fraction of sp³-hybridized carbons (Fsp3) is 0.0492. The summed E-state index contributed by atoms with van der Waals surface area (Å²) in [6, 6.07) is 78.0. The predicted molar refractivity (Wildman–Crippen MR) is 265 cm³/mol. The first-order valence-electron chi connectivity index (χ1n) is 22.0. The van der Waals surface area contributed by atoms with Crippen LogP contribution >= 0.6 is 0 Å². The van der Waals surface area contributed by atoms with Gasteiger partial charge in [0.15, 0.2) is 5.82 Å². The summed E-state index contributed by atoms with van der Waals surface area (Å²) < 4.78 is 6.24. The van der Waals surface area contributed by atoms with Crippen LogP contribution in [0.25, 0.3) is 111 Å². The second-order valence-electron chi connectivity index (χ2n) is 17.4. The molecule has 0 unspecified atom stereocenters. The highest BCUT2D eigenvalue weighted by molar-refractivity contribution is 6.06.